The summed E-state index contributed by atoms with van der Waals surface area (Å²) in [5.74, 6) is 0.0322. The quantitative estimate of drug-likeness (QED) is 0.830. The van der Waals surface area contributed by atoms with Crippen LogP contribution in [0.1, 0.15) is 56.0 Å². The molecule has 0 fully saturated rings. The maximum atomic E-state index is 12.5. The van der Waals surface area contributed by atoms with E-state index >= 15 is 0 Å². The molecule has 0 saturated heterocycles. The highest BCUT2D eigenvalue weighted by molar-refractivity contribution is 5.97. The van der Waals surface area contributed by atoms with Crippen molar-refractivity contribution in [1.29, 1.82) is 0 Å². The Labute approximate surface area is 168 Å². The van der Waals surface area contributed by atoms with E-state index in [2.05, 4.69) is 38.2 Å². The molecule has 152 valence electrons. The maximum absolute atomic E-state index is 12.5. The number of hydrogen-bond acceptors (Lipinski definition) is 2. The van der Waals surface area contributed by atoms with Gasteiger partial charge in [0.15, 0.2) is 0 Å². The molecule has 1 N–H and O–H groups in total. The molecule has 5 nitrogen and oxygen atoms in total. The molecule has 0 radical (unpaired) electrons. The van der Waals surface area contributed by atoms with E-state index in [0.717, 1.165) is 22.5 Å². The Morgan fingerprint density at radius 2 is 1.61 bits per heavy atom. The summed E-state index contributed by atoms with van der Waals surface area (Å²) >= 11 is 0. The van der Waals surface area contributed by atoms with Crippen LogP contribution in [0.25, 0.3) is 0 Å². The van der Waals surface area contributed by atoms with E-state index in [4.69, 9.17) is 0 Å². The van der Waals surface area contributed by atoms with Crippen molar-refractivity contribution in [2.75, 3.05) is 14.1 Å². The second-order valence-corrected chi connectivity index (χ2v) is 7.94. The third-order valence-electron chi connectivity index (χ3n) is 5.59. The van der Waals surface area contributed by atoms with Gasteiger partial charge in [0.1, 0.15) is 0 Å². The van der Waals surface area contributed by atoms with Crippen molar-refractivity contribution in [3.05, 3.63) is 56.9 Å². The molecular weight excluding hydrogens is 350 g/mol. The molecule has 1 aromatic heterocycles. The van der Waals surface area contributed by atoms with E-state index in [0.29, 0.717) is 19.4 Å². The van der Waals surface area contributed by atoms with Gasteiger partial charge in [-0.2, -0.15) is 0 Å². The van der Waals surface area contributed by atoms with Crippen molar-refractivity contribution in [2.45, 2.75) is 54.0 Å². The molecule has 1 heterocycles. The number of carbonyl (C=O) groups excluding carboxylic acids is 2. The lowest BCUT2D eigenvalue weighted by molar-refractivity contribution is -0.121. The predicted octanol–water partition coefficient (Wildman–Crippen LogP) is 3.52. The topological polar surface area (TPSA) is 54.3 Å². The summed E-state index contributed by atoms with van der Waals surface area (Å²) < 4.78 is 2.04. The summed E-state index contributed by atoms with van der Waals surface area (Å²) in [6.45, 7) is 10.7. The summed E-state index contributed by atoms with van der Waals surface area (Å²) in [6, 6.07) is 4.29. The second-order valence-electron chi connectivity index (χ2n) is 7.94. The Kier molecular flexibility index (Phi) is 6.70. The number of carbonyl (C=O) groups is 2. The van der Waals surface area contributed by atoms with E-state index in [-0.39, 0.29) is 11.8 Å². The molecule has 0 spiro atoms. The predicted molar refractivity (Wildman–Crippen MR) is 114 cm³/mol. The molecule has 0 aliphatic heterocycles. The maximum Gasteiger partial charge on any atom is 0.255 e. The first kappa shape index (κ1) is 21.7. The minimum absolute atomic E-state index is 0.00613. The van der Waals surface area contributed by atoms with Crippen molar-refractivity contribution in [3.8, 4) is 0 Å². The van der Waals surface area contributed by atoms with Crippen LogP contribution in [0.15, 0.2) is 12.1 Å². The molecule has 0 bridgehead atoms. The minimum atomic E-state index is 0.00613. The van der Waals surface area contributed by atoms with Gasteiger partial charge in [-0.1, -0.05) is 17.7 Å². The van der Waals surface area contributed by atoms with Crippen LogP contribution in [0.3, 0.4) is 0 Å². The molecular formula is C23H33N3O2. The number of rotatable bonds is 6. The van der Waals surface area contributed by atoms with Crippen molar-refractivity contribution in [1.82, 2.24) is 14.8 Å². The minimum Gasteiger partial charge on any atom is -0.352 e. The van der Waals surface area contributed by atoms with Crippen molar-refractivity contribution in [3.63, 3.8) is 0 Å². The second kappa shape index (κ2) is 8.63. The highest BCUT2D eigenvalue weighted by Gasteiger charge is 2.22. The Balaban J connectivity index is 2.06. The SMILES string of the molecule is Cc1cc(C)c(CNC(=O)CCc2c(C)c(C(=O)N(C)C)c(C)n2C)c(C)c1. The van der Waals surface area contributed by atoms with Crippen LogP contribution in [-0.4, -0.2) is 35.4 Å². The van der Waals surface area contributed by atoms with Crippen LogP contribution >= 0.6 is 0 Å². The summed E-state index contributed by atoms with van der Waals surface area (Å²) in [5.41, 5.74) is 8.53. The van der Waals surface area contributed by atoms with Gasteiger partial charge < -0.3 is 14.8 Å². The Morgan fingerprint density at radius 1 is 1.04 bits per heavy atom. The number of nitrogens with zero attached hydrogens (tertiary/aromatic N) is 2. The molecule has 2 rings (SSSR count). The van der Waals surface area contributed by atoms with Crippen LogP contribution in [0.5, 0.6) is 0 Å². The fourth-order valence-electron chi connectivity index (χ4n) is 3.93. The van der Waals surface area contributed by atoms with Crippen LogP contribution in [-0.2, 0) is 24.8 Å². The fraction of sp³-hybridized carbons (Fsp3) is 0.478. The summed E-state index contributed by atoms with van der Waals surface area (Å²) in [4.78, 5) is 26.5. The van der Waals surface area contributed by atoms with Gasteiger partial charge >= 0.3 is 0 Å². The Hall–Kier alpha value is -2.56. The zero-order valence-electron chi connectivity index (χ0n) is 18.5. The monoisotopic (exact) mass is 383 g/mol. The van der Waals surface area contributed by atoms with Crippen molar-refractivity contribution in [2.24, 2.45) is 7.05 Å². The number of aryl methyl sites for hydroxylation is 3. The molecule has 0 atom stereocenters. The van der Waals surface area contributed by atoms with Crippen LogP contribution in [0.4, 0.5) is 0 Å². The average molecular weight is 384 g/mol. The molecule has 0 aliphatic carbocycles. The largest absolute Gasteiger partial charge is 0.352 e. The smallest absolute Gasteiger partial charge is 0.255 e. The van der Waals surface area contributed by atoms with Gasteiger partial charge in [0.25, 0.3) is 5.91 Å². The van der Waals surface area contributed by atoms with E-state index in [1.807, 2.05) is 25.5 Å². The third kappa shape index (κ3) is 4.46. The van der Waals surface area contributed by atoms with Crippen LogP contribution in [0.2, 0.25) is 0 Å². The van der Waals surface area contributed by atoms with Crippen LogP contribution < -0.4 is 5.32 Å². The molecule has 2 amide bonds. The number of aromatic nitrogens is 1. The van der Waals surface area contributed by atoms with E-state index in [1.165, 1.54) is 22.3 Å². The molecule has 0 unspecified atom stereocenters. The first-order valence-corrected chi connectivity index (χ1v) is 9.74. The van der Waals surface area contributed by atoms with Gasteiger partial charge in [0.05, 0.1) is 5.56 Å². The van der Waals surface area contributed by atoms with E-state index in [9.17, 15) is 9.59 Å². The van der Waals surface area contributed by atoms with Gasteiger partial charge in [-0.15, -0.1) is 0 Å². The van der Waals surface area contributed by atoms with Gasteiger partial charge in [-0.3, -0.25) is 9.59 Å². The molecule has 0 saturated carbocycles. The molecule has 1 aromatic carbocycles. The summed E-state index contributed by atoms with van der Waals surface area (Å²) in [5, 5.41) is 3.05. The lowest BCUT2D eigenvalue weighted by Gasteiger charge is -2.13. The highest BCUT2D eigenvalue weighted by atomic mass is 16.2. The zero-order valence-corrected chi connectivity index (χ0v) is 18.5. The lowest BCUT2D eigenvalue weighted by Crippen LogP contribution is -2.24. The lowest BCUT2D eigenvalue weighted by atomic mass is 10.00. The normalized spacial score (nSPS) is 10.9. The third-order valence-corrected chi connectivity index (χ3v) is 5.59. The number of hydrogen-bond donors (Lipinski definition) is 1. The van der Waals surface area contributed by atoms with Gasteiger partial charge in [0.2, 0.25) is 5.91 Å². The summed E-state index contributed by atoms with van der Waals surface area (Å²) in [6.07, 6.45) is 1.01. The first-order chi connectivity index (χ1) is 13.0. The number of nitrogens with one attached hydrogen (secondary N) is 1. The number of amides is 2. The van der Waals surface area contributed by atoms with E-state index in [1.54, 1.807) is 19.0 Å². The average Bonchev–Trinajstić information content (AvgIpc) is 2.80. The Bertz CT molecular complexity index is 884. The van der Waals surface area contributed by atoms with Crippen molar-refractivity contribution >= 4 is 11.8 Å². The zero-order chi connectivity index (χ0) is 21.2. The first-order valence-electron chi connectivity index (χ1n) is 9.74. The fourth-order valence-corrected chi connectivity index (χ4v) is 3.93. The Morgan fingerprint density at radius 3 is 2.14 bits per heavy atom. The molecule has 28 heavy (non-hydrogen) atoms. The molecule has 0 aliphatic rings. The van der Waals surface area contributed by atoms with E-state index < -0.39 is 0 Å². The molecule has 5 heteroatoms. The van der Waals surface area contributed by atoms with Crippen LogP contribution in [0, 0.1) is 34.6 Å². The number of benzene rings is 1. The molecule has 2 aromatic rings. The standard InChI is InChI=1S/C23H33N3O2/c1-14-11-15(2)19(16(3)12-14)13-24-21(27)10-9-20-17(4)22(18(5)26(20)8)23(28)25(6)7/h11-12H,9-10,13H2,1-8H3,(H,24,27). The van der Waals surface area contributed by atoms with Gasteiger partial charge in [-0.25, -0.2) is 0 Å². The van der Waals surface area contributed by atoms with Gasteiger partial charge in [0, 0.05) is 45.5 Å². The summed E-state index contributed by atoms with van der Waals surface area (Å²) in [7, 11) is 5.48. The highest BCUT2D eigenvalue weighted by Crippen LogP contribution is 2.23. The van der Waals surface area contributed by atoms with Crippen molar-refractivity contribution < 1.29 is 9.59 Å². The van der Waals surface area contributed by atoms with Gasteiger partial charge in [-0.05, 0) is 63.3 Å².